The highest BCUT2D eigenvalue weighted by molar-refractivity contribution is 5.78. The summed E-state index contributed by atoms with van der Waals surface area (Å²) in [5.41, 5.74) is 4.43. The minimum absolute atomic E-state index is 0.0543. The number of benzene rings is 3. The van der Waals surface area contributed by atoms with Gasteiger partial charge in [0.1, 0.15) is 30.5 Å². The molecular formula is C33H31N5O6. The van der Waals surface area contributed by atoms with E-state index in [1.54, 1.807) is 12.1 Å². The monoisotopic (exact) mass is 593 g/mol. The Morgan fingerprint density at radius 1 is 1.02 bits per heavy atom. The normalized spacial score (nSPS) is 13.1. The van der Waals surface area contributed by atoms with E-state index < -0.39 is 11.9 Å². The van der Waals surface area contributed by atoms with Crippen molar-refractivity contribution < 1.29 is 28.8 Å². The Labute approximate surface area is 253 Å². The average molecular weight is 594 g/mol. The van der Waals surface area contributed by atoms with Crippen LogP contribution in [0.25, 0.3) is 16.7 Å². The van der Waals surface area contributed by atoms with E-state index in [9.17, 15) is 9.90 Å². The third-order valence-electron chi connectivity index (χ3n) is 7.32. The zero-order chi connectivity index (χ0) is 30.3. The predicted octanol–water partition coefficient (Wildman–Crippen LogP) is 5.51. The molecule has 3 aromatic carbocycles. The standard InChI is InChI=1S/C33H31N5O6/c1-2-22(33(39)40)19-43-29-14-12-27(42-20-26-11-9-23-5-3-4-6-28(23)34-26)16-25(29)18-41-17-21-7-8-24-10-13-30(44-31(24)15-21)32-35-37-38-36-32/h3-9,11-16,22H,2,10,17-20H2,1H3,(H,39,40)(H,35,36,37,38). The van der Waals surface area contributed by atoms with E-state index in [-0.39, 0.29) is 19.8 Å². The van der Waals surface area contributed by atoms with E-state index in [4.69, 9.17) is 18.9 Å². The number of carbonyl (C=O) groups is 1. The number of aromatic amines is 1. The number of carboxylic acid groups (broad SMARTS) is 1. The van der Waals surface area contributed by atoms with E-state index >= 15 is 0 Å². The summed E-state index contributed by atoms with van der Waals surface area (Å²) >= 11 is 0. The van der Waals surface area contributed by atoms with Crippen LogP contribution in [0.1, 0.15) is 41.6 Å². The Balaban J connectivity index is 1.13. The van der Waals surface area contributed by atoms with E-state index in [0.717, 1.165) is 39.0 Å². The molecule has 6 rings (SSSR count). The molecule has 0 spiro atoms. The lowest BCUT2D eigenvalue weighted by atomic mass is 10.1. The van der Waals surface area contributed by atoms with Crippen molar-refractivity contribution in [3.05, 3.63) is 107 Å². The van der Waals surface area contributed by atoms with Gasteiger partial charge in [-0.1, -0.05) is 43.3 Å². The van der Waals surface area contributed by atoms with Crippen LogP contribution in [0.3, 0.4) is 0 Å². The van der Waals surface area contributed by atoms with Crippen LogP contribution in [0, 0.1) is 5.92 Å². The van der Waals surface area contributed by atoms with Gasteiger partial charge in [-0.2, -0.15) is 0 Å². The Kier molecular flexibility index (Phi) is 8.74. The fourth-order valence-electron chi connectivity index (χ4n) is 4.80. The second-order valence-corrected chi connectivity index (χ2v) is 10.4. The van der Waals surface area contributed by atoms with Crippen molar-refractivity contribution >= 4 is 22.6 Å². The van der Waals surface area contributed by atoms with E-state index in [2.05, 4.69) is 25.6 Å². The fourth-order valence-corrected chi connectivity index (χ4v) is 4.80. The smallest absolute Gasteiger partial charge is 0.309 e. The summed E-state index contributed by atoms with van der Waals surface area (Å²) in [7, 11) is 0. The molecule has 0 bridgehead atoms. The molecule has 5 aromatic rings. The van der Waals surface area contributed by atoms with E-state index in [1.165, 1.54) is 0 Å². The zero-order valence-electron chi connectivity index (χ0n) is 24.1. The lowest BCUT2D eigenvalue weighted by Crippen LogP contribution is -2.21. The summed E-state index contributed by atoms with van der Waals surface area (Å²) in [6.45, 7) is 2.71. The molecule has 0 saturated heterocycles. The van der Waals surface area contributed by atoms with Crippen LogP contribution >= 0.6 is 0 Å². The number of pyridine rings is 1. The van der Waals surface area contributed by atoms with Crippen LogP contribution in [0.5, 0.6) is 17.2 Å². The second kappa shape index (κ2) is 13.3. The van der Waals surface area contributed by atoms with Gasteiger partial charge in [0.25, 0.3) is 0 Å². The molecule has 0 fully saturated rings. The predicted molar refractivity (Wildman–Crippen MR) is 161 cm³/mol. The molecule has 44 heavy (non-hydrogen) atoms. The van der Waals surface area contributed by atoms with Crippen molar-refractivity contribution in [2.75, 3.05) is 6.61 Å². The van der Waals surface area contributed by atoms with Crippen LogP contribution in [-0.4, -0.2) is 43.3 Å². The second-order valence-electron chi connectivity index (χ2n) is 10.4. The summed E-state index contributed by atoms with van der Waals surface area (Å²) in [4.78, 5) is 16.2. The number of carboxylic acids is 1. The SMILES string of the molecule is CCC(COc1ccc(OCc2ccc3ccccc3n2)cc1COCc1ccc2c(c1)OC(c1nnn[nH]1)=CC2)C(=O)O. The number of hydrogen-bond donors (Lipinski definition) is 2. The Hall–Kier alpha value is -5.29. The van der Waals surface area contributed by atoms with Crippen molar-refractivity contribution in [1.82, 2.24) is 25.6 Å². The van der Waals surface area contributed by atoms with Gasteiger partial charge in [0.2, 0.25) is 5.82 Å². The first-order valence-corrected chi connectivity index (χ1v) is 14.3. The fraction of sp³-hybridized carbons (Fsp3) is 0.242. The summed E-state index contributed by atoms with van der Waals surface area (Å²) in [6.07, 6.45) is 3.09. The molecule has 1 aliphatic heterocycles. The number of fused-ring (bicyclic) bond motifs is 2. The van der Waals surface area contributed by atoms with Gasteiger partial charge in [0.15, 0.2) is 5.76 Å². The first-order valence-electron chi connectivity index (χ1n) is 14.3. The highest BCUT2D eigenvalue weighted by Gasteiger charge is 2.19. The molecule has 11 heteroatoms. The van der Waals surface area contributed by atoms with Crippen LogP contribution < -0.4 is 14.2 Å². The molecule has 2 N–H and O–H groups in total. The molecule has 1 atom stereocenters. The number of nitrogens with zero attached hydrogens (tertiary/aromatic N) is 4. The van der Waals surface area contributed by atoms with E-state index in [0.29, 0.717) is 42.5 Å². The average Bonchev–Trinajstić information content (AvgIpc) is 3.59. The maximum absolute atomic E-state index is 11.6. The van der Waals surface area contributed by atoms with Gasteiger partial charge in [-0.25, -0.2) is 10.1 Å². The number of aliphatic carboxylic acids is 1. The number of tetrazole rings is 1. The third-order valence-corrected chi connectivity index (χ3v) is 7.32. The largest absolute Gasteiger partial charge is 0.492 e. The molecule has 0 saturated carbocycles. The van der Waals surface area contributed by atoms with Crippen LogP contribution in [0.15, 0.2) is 78.9 Å². The van der Waals surface area contributed by atoms with Gasteiger partial charge >= 0.3 is 5.97 Å². The first-order chi connectivity index (χ1) is 21.6. The van der Waals surface area contributed by atoms with Gasteiger partial charge in [0, 0.05) is 10.9 Å². The molecule has 0 amide bonds. The quantitative estimate of drug-likeness (QED) is 0.179. The number of para-hydroxylation sites is 1. The number of rotatable bonds is 13. The van der Waals surface area contributed by atoms with Crippen LogP contribution in [-0.2, 0) is 35.8 Å². The molecule has 3 heterocycles. The van der Waals surface area contributed by atoms with Crippen LogP contribution in [0.2, 0.25) is 0 Å². The topological polar surface area (TPSA) is 142 Å². The highest BCUT2D eigenvalue weighted by Crippen LogP contribution is 2.31. The Morgan fingerprint density at radius 3 is 2.77 bits per heavy atom. The third kappa shape index (κ3) is 6.84. The lowest BCUT2D eigenvalue weighted by molar-refractivity contribution is -0.142. The van der Waals surface area contributed by atoms with E-state index in [1.807, 2.05) is 73.7 Å². The van der Waals surface area contributed by atoms with Gasteiger partial charge in [-0.15, -0.1) is 5.10 Å². The number of nitrogens with one attached hydrogen (secondary N) is 1. The van der Waals surface area contributed by atoms with Crippen molar-refractivity contribution in [2.45, 2.75) is 39.6 Å². The maximum atomic E-state index is 11.6. The molecule has 11 nitrogen and oxygen atoms in total. The van der Waals surface area contributed by atoms with Crippen molar-refractivity contribution in [3.8, 4) is 17.2 Å². The molecule has 2 aromatic heterocycles. The molecule has 0 aliphatic carbocycles. The lowest BCUT2D eigenvalue weighted by Gasteiger charge is -2.18. The summed E-state index contributed by atoms with van der Waals surface area (Å²) in [5.74, 6) is 1.44. The van der Waals surface area contributed by atoms with Gasteiger partial charge in [-0.05, 0) is 76.9 Å². The minimum Gasteiger partial charge on any atom is -0.492 e. The number of aromatic nitrogens is 5. The number of hydrogen-bond acceptors (Lipinski definition) is 9. The van der Waals surface area contributed by atoms with Gasteiger partial charge in [-0.3, -0.25) is 4.79 Å². The van der Waals surface area contributed by atoms with Gasteiger partial charge in [0.05, 0.1) is 30.3 Å². The first kappa shape index (κ1) is 28.8. The van der Waals surface area contributed by atoms with Crippen LogP contribution in [0.4, 0.5) is 0 Å². The molecule has 1 unspecified atom stereocenters. The molecule has 0 radical (unpaired) electrons. The number of allylic oxidation sites excluding steroid dienone is 1. The number of ether oxygens (including phenoxy) is 4. The van der Waals surface area contributed by atoms with Crippen molar-refractivity contribution in [1.29, 1.82) is 0 Å². The Morgan fingerprint density at radius 2 is 1.93 bits per heavy atom. The summed E-state index contributed by atoms with van der Waals surface area (Å²) in [6, 6.07) is 23.3. The zero-order valence-corrected chi connectivity index (χ0v) is 24.1. The maximum Gasteiger partial charge on any atom is 0.309 e. The summed E-state index contributed by atoms with van der Waals surface area (Å²) in [5, 5.41) is 24.4. The summed E-state index contributed by atoms with van der Waals surface area (Å²) < 4.78 is 24.2. The molecule has 1 aliphatic rings. The Bertz CT molecular complexity index is 1790. The van der Waals surface area contributed by atoms with Crippen molar-refractivity contribution in [2.24, 2.45) is 5.92 Å². The van der Waals surface area contributed by atoms with Gasteiger partial charge < -0.3 is 24.1 Å². The number of H-pyrrole nitrogens is 1. The molecular weight excluding hydrogens is 562 g/mol. The van der Waals surface area contributed by atoms with Crippen molar-refractivity contribution in [3.63, 3.8) is 0 Å². The molecule has 224 valence electrons. The minimum atomic E-state index is -0.889. The highest BCUT2D eigenvalue weighted by atomic mass is 16.5.